The van der Waals surface area contributed by atoms with Crippen LogP contribution in [0.3, 0.4) is 0 Å². The Balaban J connectivity index is 1.40. The average Bonchev–Trinajstić information content (AvgIpc) is 3.34. The number of carboxylic acid groups (broad SMARTS) is 1. The van der Waals surface area contributed by atoms with E-state index in [-0.39, 0.29) is 24.0 Å². The third kappa shape index (κ3) is 5.13. The molecule has 3 aromatic rings. The van der Waals surface area contributed by atoms with Crippen molar-refractivity contribution in [3.8, 4) is 11.1 Å². The van der Waals surface area contributed by atoms with Gasteiger partial charge < -0.3 is 15.2 Å². The second-order valence-electron chi connectivity index (χ2n) is 8.00. The molecular weight excluding hydrogens is 462 g/mol. The summed E-state index contributed by atoms with van der Waals surface area (Å²) in [5, 5.41) is 17.1. The van der Waals surface area contributed by atoms with E-state index in [2.05, 4.69) is 10.4 Å². The molecule has 1 aliphatic carbocycles. The number of aromatic nitrogens is 2. The zero-order valence-electron chi connectivity index (χ0n) is 18.6. The summed E-state index contributed by atoms with van der Waals surface area (Å²) in [7, 11) is 1.44. The first kappa shape index (κ1) is 23.9. The maximum Gasteiger partial charge on any atom is 0.412 e. The van der Waals surface area contributed by atoms with Crippen molar-refractivity contribution in [3.05, 3.63) is 71.4 Å². The van der Waals surface area contributed by atoms with Crippen molar-refractivity contribution in [3.63, 3.8) is 0 Å². The summed E-state index contributed by atoms with van der Waals surface area (Å²) in [6.07, 6.45) is -4.79. The largest absolute Gasteiger partial charge is 0.481 e. The van der Waals surface area contributed by atoms with Gasteiger partial charge in [0.1, 0.15) is 18.5 Å². The lowest BCUT2D eigenvalue weighted by atomic mass is 9.98. The molecular formula is C24H22F2N4O5. The summed E-state index contributed by atoms with van der Waals surface area (Å²) >= 11 is 0. The van der Waals surface area contributed by atoms with Gasteiger partial charge in [0, 0.05) is 19.0 Å². The first-order chi connectivity index (χ1) is 16.7. The first-order valence-electron chi connectivity index (χ1n) is 10.7. The lowest BCUT2D eigenvalue weighted by Crippen LogP contribution is -2.41. The van der Waals surface area contributed by atoms with E-state index in [9.17, 15) is 23.2 Å². The molecule has 9 nitrogen and oxygen atoms in total. The van der Waals surface area contributed by atoms with Crippen LogP contribution >= 0.6 is 0 Å². The maximum absolute atomic E-state index is 13.0. The van der Waals surface area contributed by atoms with Gasteiger partial charge in [0.15, 0.2) is 5.69 Å². The number of hydrogen-bond acceptors (Lipinski definition) is 5. The predicted octanol–water partition coefficient (Wildman–Crippen LogP) is 3.62. The first-order valence-corrected chi connectivity index (χ1v) is 10.7. The molecule has 0 saturated carbocycles. The number of carbonyl (C=O) groups is 3. The number of hydrogen-bond donors (Lipinski definition) is 3. The number of halogens is 2. The monoisotopic (exact) mass is 484 g/mol. The third-order valence-electron chi connectivity index (χ3n) is 5.70. The molecule has 1 heterocycles. The molecule has 182 valence electrons. The highest BCUT2D eigenvalue weighted by Gasteiger charge is 2.30. The smallest absolute Gasteiger partial charge is 0.412 e. The van der Waals surface area contributed by atoms with Gasteiger partial charge in [-0.3, -0.25) is 19.6 Å². The summed E-state index contributed by atoms with van der Waals surface area (Å²) < 4.78 is 32.6. The Morgan fingerprint density at radius 2 is 1.69 bits per heavy atom. The zero-order valence-corrected chi connectivity index (χ0v) is 18.6. The minimum atomic E-state index is -3.07. The Bertz CT molecular complexity index is 1230. The second kappa shape index (κ2) is 9.92. The van der Waals surface area contributed by atoms with Crippen molar-refractivity contribution < 1.29 is 33.0 Å². The van der Waals surface area contributed by atoms with E-state index in [4.69, 9.17) is 9.84 Å². The fourth-order valence-corrected chi connectivity index (χ4v) is 4.07. The molecule has 1 aliphatic rings. The number of aliphatic carboxylic acids is 1. The van der Waals surface area contributed by atoms with E-state index in [1.54, 1.807) is 0 Å². The summed E-state index contributed by atoms with van der Waals surface area (Å²) in [4.78, 5) is 35.5. The number of benzene rings is 2. The lowest BCUT2D eigenvalue weighted by molar-refractivity contribution is -0.138. The van der Waals surface area contributed by atoms with Crippen LogP contribution in [0, 0.1) is 0 Å². The van der Waals surface area contributed by atoms with Crippen LogP contribution in [0.25, 0.3) is 11.1 Å². The third-order valence-corrected chi connectivity index (χ3v) is 5.70. The van der Waals surface area contributed by atoms with E-state index in [0.29, 0.717) is 0 Å². The topological polar surface area (TPSA) is 123 Å². The SMILES string of the molecule is Cn1nc(C(=O)NC(CC(=O)O)C(F)F)cc1NC(=O)OCC1c2ccccc2-c2ccccc21. The van der Waals surface area contributed by atoms with Crippen molar-refractivity contribution in [1.82, 2.24) is 15.1 Å². The molecule has 35 heavy (non-hydrogen) atoms. The van der Waals surface area contributed by atoms with Gasteiger partial charge >= 0.3 is 12.1 Å². The Morgan fingerprint density at radius 1 is 1.09 bits per heavy atom. The van der Waals surface area contributed by atoms with Gasteiger partial charge in [-0.25, -0.2) is 13.6 Å². The molecule has 0 fully saturated rings. The average molecular weight is 484 g/mol. The summed E-state index contributed by atoms with van der Waals surface area (Å²) in [5.41, 5.74) is 4.01. The van der Waals surface area contributed by atoms with Gasteiger partial charge in [-0.15, -0.1) is 0 Å². The quantitative estimate of drug-likeness (QED) is 0.449. The molecule has 2 aromatic carbocycles. The van der Waals surface area contributed by atoms with E-state index < -0.39 is 36.9 Å². The van der Waals surface area contributed by atoms with E-state index in [1.807, 2.05) is 53.8 Å². The van der Waals surface area contributed by atoms with Crippen LogP contribution < -0.4 is 10.6 Å². The van der Waals surface area contributed by atoms with Crippen LogP contribution in [0.5, 0.6) is 0 Å². The van der Waals surface area contributed by atoms with Gasteiger partial charge in [0.2, 0.25) is 0 Å². The number of nitrogens with zero attached hydrogens (tertiary/aromatic N) is 2. The molecule has 1 atom stereocenters. The van der Waals surface area contributed by atoms with Crippen molar-refractivity contribution in [2.75, 3.05) is 11.9 Å². The highest BCUT2D eigenvalue weighted by molar-refractivity contribution is 5.94. The molecule has 0 aliphatic heterocycles. The minimum Gasteiger partial charge on any atom is -0.481 e. The number of fused-ring (bicyclic) bond motifs is 3. The molecule has 0 bridgehead atoms. The Kier molecular flexibility index (Phi) is 6.76. The van der Waals surface area contributed by atoms with Gasteiger partial charge in [-0.1, -0.05) is 48.5 Å². The van der Waals surface area contributed by atoms with Crippen molar-refractivity contribution >= 4 is 23.8 Å². The highest BCUT2D eigenvalue weighted by atomic mass is 19.3. The predicted molar refractivity (Wildman–Crippen MR) is 121 cm³/mol. The molecule has 1 unspecified atom stereocenters. The van der Waals surface area contributed by atoms with Crippen LogP contribution in [-0.2, 0) is 16.6 Å². The number of aryl methyl sites for hydroxylation is 1. The second-order valence-corrected chi connectivity index (χ2v) is 8.00. The minimum absolute atomic E-state index is 0.0797. The molecule has 0 spiro atoms. The van der Waals surface area contributed by atoms with Crippen molar-refractivity contribution in [2.24, 2.45) is 7.05 Å². The van der Waals surface area contributed by atoms with E-state index >= 15 is 0 Å². The van der Waals surface area contributed by atoms with Crippen LogP contribution in [0.1, 0.15) is 34.0 Å². The number of amides is 2. The zero-order chi connectivity index (χ0) is 25.1. The summed E-state index contributed by atoms with van der Waals surface area (Å²) in [6, 6.07) is 15.1. The number of anilines is 1. The van der Waals surface area contributed by atoms with Gasteiger partial charge in [-0.05, 0) is 22.3 Å². The number of ether oxygens (including phenoxy) is 1. The molecule has 4 rings (SSSR count). The fraction of sp³-hybridized carbons (Fsp3) is 0.250. The fourth-order valence-electron chi connectivity index (χ4n) is 4.07. The number of carboxylic acids is 1. The molecule has 0 saturated heterocycles. The number of nitrogens with one attached hydrogen (secondary N) is 2. The van der Waals surface area contributed by atoms with Crippen LogP contribution in [-0.4, -0.2) is 51.9 Å². The maximum atomic E-state index is 13.0. The Morgan fingerprint density at radius 3 is 2.26 bits per heavy atom. The van der Waals surface area contributed by atoms with Crippen molar-refractivity contribution in [2.45, 2.75) is 24.8 Å². The normalized spacial score (nSPS) is 13.1. The van der Waals surface area contributed by atoms with Gasteiger partial charge in [0.25, 0.3) is 12.3 Å². The van der Waals surface area contributed by atoms with E-state index in [0.717, 1.165) is 22.3 Å². The van der Waals surface area contributed by atoms with Crippen LogP contribution in [0.2, 0.25) is 0 Å². The van der Waals surface area contributed by atoms with E-state index in [1.165, 1.54) is 17.8 Å². The summed E-state index contributed by atoms with van der Waals surface area (Å²) in [6.45, 7) is 0.0797. The van der Waals surface area contributed by atoms with Crippen molar-refractivity contribution in [1.29, 1.82) is 0 Å². The molecule has 11 heteroatoms. The number of alkyl halides is 2. The standard InChI is InChI=1S/C24H22F2N4O5/c1-30-20(10-19(29-30)23(33)27-18(22(25)26)11-21(31)32)28-24(34)35-12-17-15-8-4-2-6-13(15)14-7-3-5-9-16(14)17/h2-10,17-18,22H,11-12H2,1H3,(H,27,33)(H,28,34)(H,31,32). The molecule has 0 radical (unpaired) electrons. The van der Waals surface area contributed by atoms with Crippen LogP contribution in [0.4, 0.5) is 19.4 Å². The molecule has 2 amide bonds. The number of rotatable bonds is 8. The van der Waals surface area contributed by atoms with Gasteiger partial charge in [0.05, 0.1) is 6.42 Å². The Hall–Kier alpha value is -4.28. The highest BCUT2D eigenvalue weighted by Crippen LogP contribution is 2.44. The lowest BCUT2D eigenvalue weighted by Gasteiger charge is -2.14. The molecule has 1 aromatic heterocycles. The van der Waals surface area contributed by atoms with Gasteiger partial charge in [-0.2, -0.15) is 5.10 Å². The van der Waals surface area contributed by atoms with Crippen LogP contribution in [0.15, 0.2) is 54.6 Å². The number of carbonyl (C=O) groups excluding carboxylic acids is 2. The molecule has 3 N–H and O–H groups in total. The summed E-state index contributed by atoms with van der Waals surface area (Å²) in [5.74, 6) is -2.51. The Labute approximate surface area is 198 Å².